The summed E-state index contributed by atoms with van der Waals surface area (Å²) in [7, 11) is 0. The molecule has 0 aromatic heterocycles. The molecule has 4 heteroatoms. The number of hydrogen-bond acceptors (Lipinski definition) is 2. The number of benzene rings is 1. The van der Waals surface area contributed by atoms with E-state index in [0.29, 0.717) is 16.1 Å². The second-order valence-corrected chi connectivity index (χ2v) is 5.71. The van der Waals surface area contributed by atoms with Crippen LogP contribution in [-0.2, 0) is 0 Å². The van der Waals surface area contributed by atoms with Crippen LogP contribution in [-0.4, -0.2) is 18.7 Å². The maximum atomic E-state index is 5.95. The van der Waals surface area contributed by atoms with Crippen molar-refractivity contribution in [1.29, 1.82) is 0 Å². The van der Waals surface area contributed by atoms with Crippen molar-refractivity contribution in [2.24, 2.45) is 0 Å². The number of nitrogens with one attached hydrogen (secondary N) is 1. The molecular weight excluding hydrogens is 269 g/mol. The first kappa shape index (κ1) is 14.0. The molecule has 0 amide bonds. The van der Waals surface area contributed by atoms with Gasteiger partial charge in [-0.25, -0.2) is 0 Å². The van der Waals surface area contributed by atoms with Crippen molar-refractivity contribution in [3.05, 3.63) is 28.2 Å². The van der Waals surface area contributed by atoms with Crippen molar-refractivity contribution < 1.29 is 4.74 Å². The summed E-state index contributed by atoms with van der Waals surface area (Å²) in [6.07, 6.45) is 5.40. The first-order valence-electron chi connectivity index (χ1n) is 6.50. The van der Waals surface area contributed by atoms with Crippen molar-refractivity contribution in [1.82, 2.24) is 5.32 Å². The molecule has 0 heterocycles. The number of halogens is 2. The smallest absolute Gasteiger partial charge is 0.121 e. The van der Waals surface area contributed by atoms with Gasteiger partial charge in [-0.15, -0.1) is 0 Å². The molecule has 100 valence electrons. The minimum absolute atomic E-state index is 0.128. The summed E-state index contributed by atoms with van der Waals surface area (Å²) >= 11 is 11.8. The maximum Gasteiger partial charge on any atom is 0.121 e. The molecule has 1 aromatic carbocycles. The predicted octanol–water partition coefficient (Wildman–Crippen LogP) is 4.29. The van der Waals surface area contributed by atoms with Gasteiger partial charge < -0.3 is 10.1 Å². The molecule has 2 rings (SSSR count). The summed E-state index contributed by atoms with van der Waals surface area (Å²) in [5.74, 6) is 0.769. The van der Waals surface area contributed by atoms with E-state index in [2.05, 4.69) is 12.2 Å². The van der Waals surface area contributed by atoms with Gasteiger partial charge in [0.05, 0.1) is 10.0 Å². The lowest BCUT2D eigenvalue weighted by molar-refractivity contribution is 0.211. The van der Waals surface area contributed by atoms with Gasteiger partial charge in [-0.1, -0.05) is 36.0 Å². The van der Waals surface area contributed by atoms with Crippen LogP contribution in [0.2, 0.25) is 10.0 Å². The van der Waals surface area contributed by atoms with Crippen LogP contribution in [0.5, 0.6) is 5.75 Å². The van der Waals surface area contributed by atoms with E-state index >= 15 is 0 Å². The monoisotopic (exact) mass is 287 g/mol. The third kappa shape index (κ3) is 4.04. The molecule has 2 nitrogen and oxygen atoms in total. The standard InChI is InChI=1S/C14H19Cl2NO/c1-10(9-17-11-4-2-3-5-11)18-12-6-7-13(15)14(16)8-12/h6-8,10-11,17H,2-5,9H2,1H3. The largest absolute Gasteiger partial charge is 0.489 e. The highest BCUT2D eigenvalue weighted by Gasteiger charge is 2.15. The summed E-state index contributed by atoms with van der Waals surface area (Å²) in [6.45, 7) is 2.93. The SMILES string of the molecule is CC(CNC1CCCC1)Oc1ccc(Cl)c(Cl)c1. The third-order valence-corrected chi connectivity index (χ3v) is 4.02. The van der Waals surface area contributed by atoms with Gasteiger partial charge in [-0.05, 0) is 31.9 Å². The molecule has 18 heavy (non-hydrogen) atoms. The molecule has 1 N–H and O–H groups in total. The maximum absolute atomic E-state index is 5.95. The summed E-state index contributed by atoms with van der Waals surface area (Å²) in [4.78, 5) is 0. The summed E-state index contributed by atoms with van der Waals surface area (Å²) in [5.41, 5.74) is 0. The second-order valence-electron chi connectivity index (χ2n) is 4.89. The molecule has 0 radical (unpaired) electrons. The Balaban J connectivity index is 1.78. The Morgan fingerprint density at radius 1 is 1.28 bits per heavy atom. The van der Waals surface area contributed by atoms with Crippen LogP contribution in [0.4, 0.5) is 0 Å². The molecule has 1 aliphatic carbocycles. The van der Waals surface area contributed by atoms with Crippen molar-refractivity contribution in [3.63, 3.8) is 0 Å². The van der Waals surface area contributed by atoms with E-state index in [1.165, 1.54) is 25.7 Å². The highest BCUT2D eigenvalue weighted by molar-refractivity contribution is 6.42. The molecule has 1 saturated carbocycles. The lowest BCUT2D eigenvalue weighted by Crippen LogP contribution is -2.35. The fraction of sp³-hybridized carbons (Fsp3) is 0.571. The lowest BCUT2D eigenvalue weighted by atomic mass is 10.2. The molecule has 1 fully saturated rings. The number of rotatable bonds is 5. The Bertz CT molecular complexity index is 391. The van der Waals surface area contributed by atoms with Crippen LogP contribution in [0.15, 0.2) is 18.2 Å². The molecule has 1 unspecified atom stereocenters. The Labute approximate surface area is 119 Å². The average Bonchev–Trinajstić information content (AvgIpc) is 2.84. The van der Waals surface area contributed by atoms with Crippen molar-refractivity contribution in [3.8, 4) is 5.75 Å². The van der Waals surface area contributed by atoms with Crippen LogP contribution < -0.4 is 10.1 Å². The van der Waals surface area contributed by atoms with Crippen molar-refractivity contribution in [2.45, 2.75) is 44.8 Å². The normalized spacial score (nSPS) is 17.9. The molecule has 0 aliphatic heterocycles. The molecule has 1 atom stereocenters. The van der Waals surface area contributed by atoms with E-state index in [0.717, 1.165) is 12.3 Å². The van der Waals surface area contributed by atoms with Gasteiger partial charge in [-0.2, -0.15) is 0 Å². The average molecular weight is 288 g/mol. The molecule has 1 aromatic rings. The van der Waals surface area contributed by atoms with Gasteiger partial charge in [0.15, 0.2) is 0 Å². The third-order valence-electron chi connectivity index (χ3n) is 3.28. The zero-order chi connectivity index (χ0) is 13.0. The highest BCUT2D eigenvalue weighted by Crippen LogP contribution is 2.26. The quantitative estimate of drug-likeness (QED) is 0.872. The summed E-state index contributed by atoms with van der Waals surface area (Å²) < 4.78 is 5.80. The lowest BCUT2D eigenvalue weighted by Gasteiger charge is -2.18. The fourth-order valence-corrected chi connectivity index (χ4v) is 2.57. The zero-order valence-electron chi connectivity index (χ0n) is 10.6. The Morgan fingerprint density at radius 3 is 2.67 bits per heavy atom. The number of ether oxygens (including phenoxy) is 1. The van der Waals surface area contributed by atoms with Gasteiger partial charge in [-0.3, -0.25) is 0 Å². The van der Waals surface area contributed by atoms with E-state index in [-0.39, 0.29) is 6.10 Å². The molecular formula is C14H19Cl2NO. The molecule has 0 bridgehead atoms. The molecule has 0 spiro atoms. The molecule has 0 saturated heterocycles. The zero-order valence-corrected chi connectivity index (χ0v) is 12.1. The Hall–Kier alpha value is -0.440. The highest BCUT2D eigenvalue weighted by atomic mass is 35.5. The van der Waals surface area contributed by atoms with Crippen LogP contribution in [0.1, 0.15) is 32.6 Å². The minimum atomic E-state index is 0.128. The first-order valence-corrected chi connectivity index (χ1v) is 7.26. The van der Waals surface area contributed by atoms with E-state index < -0.39 is 0 Å². The van der Waals surface area contributed by atoms with Crippen LogP contribution >= 0.6 is 23.2 Å². The van der Waals surface area contributed by atoms with Gasteiger partial charge in [0, 0.05) is 18.7 Å². The van der Waals surface area contributed by atoms with E-state index in [1.807, 2.05) is 6.07 Å². The summed E-state index contributed by atoms with van der Waals surface area (Å²) in [5, 5.41) is 4.63. The van der Waals surface area contributed by atoms with Gasteiger partial charge in [0.1, 0.15) is 11.9 Å². The summed E-state index contributed by atoms with van der Waals surface area (Å²) in [6, 6.07) is 6.04. The topological polar surface area (TPSA) is 21.3 Å². The van der Waals surface area contributed by atoms with Crippen molar-refractivity contribution >= 4 is 23.2 Å². The Morgan fingerprint density at radius 2 is 2.00 bits per heavy atom. The van der Waals surface area contributed by atoms with Crippen molar-refractivity contribution in [2.75, 3.05) is 6.54 Å². The van der Waals surface area contributed by atoms with Crippen LogP contribution in [0.25, 0.3) is 0 Å². The number of hydrogen-bond donors (Lipinski definition) is 1. The Kier molecular flexibility index (Phi) is 5.16. The van der Waals surface area contributed by atoms with Gasteiger partial charge in [0.2, 0.25) is 0 Å². The van der Waals surface area contributed by atoms with E-state index in [1.54, 1.807) is 12.1 Å². The van der Waals surface area contributed by atoms with Gasteiger partial charge in [0.25, 0.3) is 0 Å². The van der Waals surface area contributed by atoms with E-state index in [4.69, 9.17) is 27.9 Å². The predicted molar refractivity (Wildman–Crippen MR) is 76.8 cm³/mol. The fourth-order valence-electron chi connectivity index (χ4n) is 2.29. The van der Waals surface area contributed by atoms with E-state index in [9.17, 15) is 0 Å². The van der Waals surface area contributed by atoms with Gasteiger partial charge >= 0.3 is 0 Å². The minimum Gasteiger partial charge on any atom is -0.489 e. The van der Waals surface area contributed by atoms with Crippen LogP contribution in [0, 0.1) is 0 Å². The van der Waals surface area contributed by atoms with Crippen LogP contribution in [0.3, 0.4) is 0 Å². The molecule has 1 aliphatic rings. The second kappa shape index (κ2) is 6.65. The first-order chi connectivity index (χ1) is 8.65.